The van der Waals surface area contributed by atoms with E-state index in [-0.39, 0.29) is 11.9 Å². The summed E-state index contributed by atoms with van der Waals surface area (Å²) in [5.74, 6) is 0.578. The molecule has 1 N–H and O–H groups in total. The van der Waals surface area contributed by atoms with Crippen LogP contribution in [-0.2, 0) is 6.54 Å². The van der Waals surface area contributed by atoms with E-state index < -0.39 is 0 Å². The summed E-state index contributed by atoms with van der Waals surface area (Å²) in [6, 6.07) is 6.26. The predicted molar refractivity (Wildman–Crippen MR) is 93.5 cm³/mol. The third-order valence-corrected chi connectivity index (χ3v) is 5.69. The number of benzene rings is 1. The topological polar surface area (TPSA) is 50.2 Å². The van der Waals surface area contributed by atoms with Crippen LogP contribution in [0.3, 0.4) is 0 Å². The average Bonchev–Trinajstić information content (AvgIpc) is 2.94. The molecule has 5 rings (SSSR count). The van der Waals surface area contributed by atoms with Gasteiger partial charge in [-0.05, 0) is 57.0 Å². The summed E-state index contributed by atoms with van der Waals surface area (Å²) >= 11 is 3.50. The summed E-state index contributed by atoms with van der Waals surface area (Å²) in [6.45, 7) is 6.13. The monoisotopic (exact) mass is 376 g/mol. The van der Waals surface area contributed by atoms with Gasteiger partial charge in [0.05, 0.1) is 5.52 Å². The number of fused-ring (bicyclic) bond motifs is 4. The molecule has 122 valence electrons. The summed E-state index contributed by atoms with van der Waals surface area (Å²) in [5, 5.41) is 8.71. The zero-order chi connectivity index (χ0) is 16.0. The second kappa shape index (κ2) is 5.91. The molecule has 0 aliphatic carbocycles. The Hall–Kier alpha value is -1.40. The average molecular weight is 377 g/mol. The first-order chi connectivity index (χ1) is 11.2. The van der Waals surface area contributed by atoms with E-state index in [9.17, 15) is 4.79 Å². The van der Waals surface area contributed by atoms with Crippen molar-refractivity contribution in [2.45, 2.75) is 32.4 Å². The lowest BCUT2D eigenvalue weighted by molar-refractivity contribution is 0.0618. The fraction of sp³-hybridized carbons (Fsp3) is 0.529. The molecule has 23 heavy (non-hydrogen) atoms. The molecule has 3 aliphatic heterocycles. The second-order valence-electron chi connectivity index (χ2n) is 6.54. The van der Waals surface area contributed by atoms with E-state index in [4.69, 9.17) is 0 Å². The number of aromatic nitrogens is 2. The maximum atomic E-state index is 12.8. The quantitative estimate of drug-likeness (QED) is 0.895. The van der Waals surface area contributed by atoms with Crippen molar-refractivity contribution < 1.29 is 4.79 Å². The normalized spacial score (nSPS) is 26.6. The van der Waals surface area contributed by atoms with Crippen molar-refractivity contribution in [3.63, 3.8) is 0 Å². The number of hydrogen-bond acceptors (Lipinski definition) is 3. The van der Waals surface area contributed by atoms with E-state index in [0.717, 1.165) is 28.5 Å². The van der Waals surface area contributed by atoms with Crippen molar-refractivity contribution in [2.24, 2.45) is 5.92 Å². The van der Waals surface area contributed by atoms with Gasteiger partial charge in [0, 0.05) is 29.0 Å². The lowest BCUT2D eigenvalue weighted by Crippen LogP contribution is -2.57. The zero-order valence-corrected chi connectivity index (χ0v) is 14.8. The maximum Gasteiger partial charge on any atom is 0.272 e. The van der Waals surface area contributed by atoms with Gasteiger partial charge in [-0.2, -0.15) is 5.10 Å². The fourth-order valence-corrected chi connectivity index (χ4v) is 4.29. The van der Waals surface area contributed by atoms with Crippen LogP contribution in [0.2, 0.25) is 0 Å². The van der Waals surface area contributed by atoms with Gasteiger partial charge in [0.2, 0.25) is 0 Å². The van der Waals surface area contributed by atoms with Crippen molar-refractivity contribution in [1.82, 2.24) is 20.0 Å². The predicted octanol–water partition coefficient (Wildman–Crippen LogP) is 2.64. The summed E-state index contributed by atoms with van der Waals surface area (Å²) in [7, 11) is 0. The Bertz CT molecular complexity index is 748. The highest BCUT2D eigenvalue weighted by Gasteiger charge is 2.35. The number of halogens is 1. The molecule has 0 radical (unpaired) electrons. The Labute approximate surface area is 144 Å². The van der Waals surface area contributed by atoms with Crippen molar-refractivity contribution in [3.8, 4) is 0 Å². The number of hydrogen-bond donors (Lipinski definition) is 1. The van der Waals surface area contributed by atoms with E-state index in [1.54, 1.807) is 0 Å². The number of nitrogens with one attached hydrogen (secondary N) is 1. The third-order valence-electron chi connectivity index (χ3n) is 5.20. The van der Waals surface area contributed by atoms with Crippen LogP contribution in [0, 0.1) is 5.92 Å². The molecular formula is C17H21BrN4O. The Kier molecular flexibility index (Phi) is 3.89. The molecular weight excluding hydrogens is 356 g/mol. The molecule has 0 saturated carbocycles. The largest absolute Gasteiger partial charge is 0.346 e. The molecule has 0 spiro atoms. The Morgan fingerprint density at radius 1 is 1.39 bits per heavy atom. The van der Waals surface area contributed by atoms with Crippen LogP contribution in [0.1, 0.15) is 30.3 Å². The first-order valence-electron chi connectivity index (χ1n) is 8.35. The molecule has 3 fully saturated rings. The molecule has 1 amide bonds. The van der Waals surface area contributed by atoms with Gasteiger partial charge < -0.3 is 10.2 Å². The minimum Gasteiger partial charge on any atom is -0.346 e. The number of amides is 1. The summed E-state index contributed by atoms with van der Waals surface area (Å²) in [5.41, 5.74) is 1.55. The van der Waals surface area contributed by atoms with Crippen LogP contribution in [0.25, 0.3) is 10.9 Å². The molecule has 5 nitrogen and oxygen atoms in total. The smallest absolute Gasteiger partial charge is 0.272 e. The Morgan fingerprint density at radius 3 is 2.83 bits per heavy atom. The number of nitrogens with zero attached hydrogens (tertiary/aromatic N) is 3. The van der Waals surface area contributed by atoms with E-state index in [0.29, 0.717) is 11.6 Å². The van der Waals surface area contributed by atoms with Crippen LogP contribution >= 0.6 is 15.9 Å². The summed E-state index contributed by atoms with van der Waals surface area (Å²) in [6.07, 6.45) is 2.39. The molecule has 3 saturated heterocycles. The maximum absolute atomic E-state index is 12.8. The summed E-state index contributed by atoms with van der Waals surface area (Å²) in [4.78, 5) is 15.3. The second-order valence-corrected chi connectivity index (χ2v) is 7.46. The van der Waals surface area contributed by atoms with Gasteiger partial charge in [-0.3, -0.25) is 9.48 Å². The lowest BCUT2D eigenvalue weighted by Gasteiger charge is -2.44. The van der Waals surface area contributed by atoms with Gasteiger partial charge in [-0.1, -0.05) is 15.9 Å². The Morgan fingerprint density at radius 2 is 2.17 bits per heavy atom. The number of piperidine rings is 3. The van der Waals surface area contributed by atoms with Gasteiger partial charge >= 0.3 is 0 Å². The Balaban J connectivity index is 1.63. The van der Waals surface area contributed by atoms with Crippen LogP contribution in [0.15, 0.2) is 22.7 Å². The summed E-state index contributed by atoms with van der Waals surface area (Å²) < 4.78 is 2.87. The fourth-order valence-electron chi connectivity index (χ4n) is 3.93. The van der Waals surface area contributed by atoms with Crippen molar-refractivity contribution in [3.05, 3.63) is 28.4 Å². The van der Waals surface area contributed by atoms with Gasteiger partial charge in [-0.25, -0.2) is 0 Å². The van der Waals surface area contributed by atoms with Crippen molar-refractivity contribution >= 4 is 32.7 Å². The molecule has 2 aromatic rings. The third kappa shape index (κ3) is 2.68. The van der Waals surface area contributed by atoms with Crippen LogP contribution in [-0.4, -0.2) is 46.3 Å². The highest BCUT2D eigenvalue weighted by atomic mass is 79.9. The van der Waals surface area contributed by atoms with Gasteiger partial charge in [0.1, 0.15) is 0 Å². The number of aryl methyl sites for hydroxylation is 1. The van der Waals surface area contributed by atoms with Crippen LogP contribution < -0.4 is 5.32 Å². The number of carbonyl (C=O) groups is 1. The molecule has 1 aromatic carbocycles. The molecule has 2 bridgehead atoms. The molecule has 6 heteroatoms. The van der Waals surface area contributed by atoms with Gasteiger partial charge in [0.15, 0.2) is 5.69 Å². The minimum atomic E-state index is -0.0425. The highest BCUT2D eigenvalue weighted by Crippen LogP contribution is 2.28. The zero-order valence-electron chi connectivity index (χ0n) is 13.3. The van der Waals surface area contributed by atoms with E-state index in [1.165, 1.54) is 25.9 Å². The van der Waals surface area contributed by atoms with Crippen LogP contribution in [0.4, 0.5) is 0 Å². The van der Waals surface area contributed by atoms with Crippen molar-refractivity contribution in [1.29, 1.82) is 0 Å². The van der Waals surface area contributed by atoms with Gasteiger partial charge in [0.25, 0.3) is 5.91 Å². The first-order valence-corrected chi connectivity index (χ1v) is 9.14. The number of rotatable bonds is 3. The molecule has 0 unspecified atom stereocenters. The first kappa shape index (κ1) is 15.1. The van der Waals surface area contributed by atoms with E-state index in [1.807, 2.05) is 29.8 Å². The highest BCUT2D eigenvalue weighted by molar-refractivity contribution is 9.10. The SMILES string of the molecule is CCn1nc(C(=O)N[C@@H]2CN3CCC2CC3)c2cc(Br)ccc21. The standard InChI is InChI=1S/C17H21BrN4O/c1-2-22-15-4-3-12(18)9-13(15)16(20-22)17(23)19-14-10-21-7-5-11(14)6-8-21/h3-4,9,11,14H,2,5-8,10H2,1H3,(H,19,23)/t14-/m1/s1. The van der Waals surface area contributed by atoms with Crippen LogP contribution in [0.5, 0.6) is 0 Å². The molecule has 3 aliphatic rings. The van der Waals surface area contributed by atoms with E-state index >= 15 is 0 Å². The molecule has 4 heterocycles. The van der Waals surface area contributed by atoms with Gasteiger partial charge in [-0.15, -0.1) is 0 Å². The van der Waals surface area contributed by atoms with Crippen molar-refractivity contribution in [2.75, 3.05) is 19.6 Å². The minimum absolute atomic E-state index is 0.0425. The van der Waals surface area contributed by atoms with E-state index in [2.05, 4.69) is 31.2 Å². The molecule has 1 aromatic heterocycles. The lowest BCUT2D eigenvalue weighted by atomic mass is 9.84. The molecule has 1 atom stereocenters. The number of carbonyl (C=O) groups excluding carboxylic acids is 1.